The third kappa shape index (κ3) is 3.48. The molecule has 9 nitrogen and oxygen atoms in total. The quantitative estimate of drug-likeness (QED) is 0.466. The summed E-state index contributed by atoms with van der Waals surface area (Å²) in [4.78, 5) is 40.8. The lowest BCUT2D eigenvalue weighted by molar-refractivity contribution is 0.0684. The number of aromatic nitrogens is 5. The second kappa shape index (κ2) is 8.04. The summed E-state index contributed by atoms with van der Waals surface area (Å²) in [5, 5.41) is 2.72. The maximum atomic E-state index is 13.1. The van der Waals surface area contributed by atoms with E-state index < -0.39 is 0 Å². The minimum absolute atomic E-state index is 0.185. The van der Waals surface area contributed by atoms with Crippen molar-refractivity contribution in [2.75, 3.05) is 13.7 Å². The molecule has 0 aliphatic carbocycles. The minimum atomic E-state index is -0.201. The van der Waals surface area contributed by atoms with Crippen molar-refractivity contribution in [3.05, 3.63) is 75.8 Å². The number of rotatable bonds is 5. The Morgan fingerprint density at radius 2 is 2.03 bits per heavy atom. The fourth-order valence-corrected chi connectivity index (χ4v) is 4.60. The number of amides is 1. The van der Waals surface area contributed by atoms with Crippen molar-refractivity contribution >= 4 is 17.2 Å². The van der Waals surface area contributed by atoms with Crippen LogP contribution in [0.3, 0.4) is 0 Å². The van der Waals surface area contributed by atoms with Crippen molar-refractivity contribution < 1.29 is 9.53 Å². The van der Waals surface area contributed by atoms with Crippen LogP contribution in [0.2, 0.25) is 0 Å². The molecule has 0 spiro atoms. The van der Waals surface area contributed by atoms with Gasteiger partial charge in [-0.1, -0.05) is 0 Å². The van der Waals surface area contributed by atoms with E-state index in [1.807, 2.05) is 24.4 Å². The Morgan fingerprint density at radius 1 is 1.16 bits per heavy atom. The van der Waals surface area contributed by atoms with Crippen molar-refractivity contribution in [1.82, 2.24) is 29.0 Å². The highest BCUT2D eigenvalue weighted by atomic mass is 32.1. The fourth-order valence-electron chi connectivity index (χ4n) is 3.78. The zero-order valence-corrected chi connectivity index (χ0v) is 18.4. The summed E-state index contributed by atoms with van der Waals surface area (Å²) in [5.41, 5.74) is 3.07. The second-order valence-corrected chi connectivity index (χ2v) is 8.27. The number of fused-ring (bicyclic) bond motifs is 1. The first kappa shape index (κ1) is 20.1. The molecular formula is C22H20N6O3S. The van der Waals surface area contributed by atoms with E-state index in [9.17, 15) is 9.59 Å². The average molecular weight is 449 g/mol. The number of pyridine rings is 2. The first-order valence-electron chi connectivity index (χ1n) is 10.0. The van der Waals surface area contributed by atoms with E-state index in [0.717, 1.165) is 22.0 Å². The van der Waals surface area contributed by atoms with Gasteiger partial charge in [-0.3, -0.25) is 9.59 Å². The lowest BCUT2D eigenvalue weighted by atomic mass is 10.2. The van der Waals surface area contributed by atoms with Crippen LogP contribution in [-0.4, -0.2) is 48.5 Å². The van der Waals surface area contributed by atoms with Gasteiger partial charge in [0.15, 0.2) is 0 Å². The fraction of sp³-hybridized carbons (Fsp3) is 0.227. The van der Waals surface area contributed by atoms with Crippen LogP contribution in [0, 0.1) is 6.92 Å². The largest absolute Gasteiger partial charge is 0.480 e. The molecule has 0 unspecified atom stereocenters. The monoisotopic (exact) mass is 448 g/mol. The van der Waals surface area contributed by atoms with Crippen molar-refractivity contribution in [3.8, 4) is 22.1 Å². The molecule has 0 atom stereocenters. The van der Waals surface area contributed by atoms with Crippen LogP contribution in [0.4, 0.5) is 0 Å². The normalized spacial score (nSPS) is 13.3. The van der Waals surface area contributed by atoms with Crippen LogP contribution in [-0.2, 0) is 13.1 Å². The van der Waals surface area contributed by atoms with Crippen LogP contribution in [0.1, 0.15) is 21.9 Å². The molecule has 0 saturated heterocycles. The van der Waals surface area contributed by atoms with E-state index in [1.54, 1.807) is 47.4 Å². The molecule has 5 heterocycles. The molecule has 4 aromatic heterocycles. The van der Waals surface area contributed by atoms with E-state index in [2.05, 4.69) is 15.0 Å². The molecule has 10 heteroatoms. The Hall–Kier alpha value is -3.79. The standard InChI is InChI=1S/C22H20N6O3S/c1-14-10-27(13-24-14)17-5-6-18-21(29)26(8-9-28(18)22(17)30)11-15-12-32-20(25-15)16-4-3-7-23-19(16)31-2/h3-7,10,12-13H,8-9,11H2,1-2H3. The van der Waals surface area contributed by atoms with Crippen molar-refractivity contribution in [2.24, 2.45) is 0 Å². The molecule has 0 bridgehead atoms. The van der Waals surface area contributed by atoms with Crippen molar-refractivity contribution in [1.29, 1.82) is 0 Å². The van der Waals surface area contributed by atoms with Crippen LogP contribution in [0.25, 0.3) is 16.3 Å². The lowest BCUT2D eigenvalue weighted by Crippen LogP contribution is -2.44. The molecule has 0 aromatic carbocycles. The van der Waals surface area contributed by atoms with E-state index in [4.69, 9.17) is 4.74 Å². The number of hydrogen-bond donors (Lipinski definition) is 0. The molecule has 0 radical (unpaired) electrons. The minimum Gasteiger partial charge on any atom is -0.480 e. The number of imidazole rings is 1. The smallest absolute Gasteiger partial charge is 0.275 e. The van der Waals surface area contributed by atoms with Crippen LogP contribution < -0.4 is 10.3 Å². The average Bonchev–Trinajstić information content (AvgIpc) is 3.45. The summed E-state index contributed by atoms with van der Waals surface area (Å²) in [7, 11) is 1.57. The molecule has 1 aliphatic heterocycles. The molecule has 162 valence electrons. The number of thiazole rings is 1. The molecular weight excluding hydrogens is 428 g/mol. The number of ether oxygens (including phenoxy) is 1. The first-order chi connectivity index (χ1) is 15.5. The number of carbonyl (C=O) groups is 1. The summed E-state index contributed by atoms with van der Waals surface area (Å²) in [6.45, 7) is 3.09. The van der Waals surface area contributed by atoms with Gasteiger partial charge in [-0.05, 0) is 31.2 Å². The number of methoxy groups -OCH3 is 1. The Labute approximate surface area is 187 Å². The summed E-state index contributed by atoms with van der Waals surface area (Å²) < 4.78 is 8.55. The maximum absolute atomic E-state index is 13.1. The zero-order valence-electron chi connectivity index (χ0n) is 17.6. The van der Waals surface area contributed by atoms with Gasteiger partial charge in [-0.15, -0.1) is 11.3 Å². The van der Waals surface area contributed by atoms with E-state index in [0.29, 0.717) is 36.9 Å². The van der Waals surface area contributed by atoms with Crippen LogP contribution >= 0.6 is 11.3 Å². The van der Waals surface area contributed by atoms with Crippen molar-refractivity contribution in [3.63, 3.8) is 0 Å². The van der Waals surface area contributed by atoms with E-state index in [-0.39, 0.29) is 11.5 Å². The highest BCUT2D eigenvalue weighted by molar-refractivity contribution is 7.13. The molecule has 0 saturated carbocycles. The molecule has 5 rings (SSSR count). The van der Waals surface area contributed by atoms with Crippen molar-refractivity contribution in [2.45, 2.75) is 20.0 Å². The molecule has 1 aliphatic rings. The van der Waals surface area contributed by atoms with Gasteiger partial charge in [0.2, 0.25) is 5.88 Å². The topological polar surface area (TPSA) is 95.1 Å². The van der Waals surface area contributed by atoms with Gasteiger partial charge in [-0.25, -0.2) is 15.0 Å². The second-order valence-electron chi connectivity index (χ2n) is 7.41. The van der Waals surface area contributed by atoms with Gasteiger partial charge in [0.1, 0.15) is 16.4 Å². The van der Waals surface area contributed by atoms with Gasteiger partial charge >= 0.3 is 0 Å². The number of aryl methyl sites for hydroxylation is 1. The maximum Gasteiger partial charge on any atom is 0.275 e. The molecule has 0 fully saturated rings. The lowest BCUT2D eigenvalue weighted by Gasteiger charge is -2.29. The van der Waals surface area contributed by atoms with Gasteiger partial charge in [0.05, 0.1) is 36.9 Å². The van der Waals surface area contributed by atoms with Crippen LogP contribution in [0.15, 0.2) is 53.2 Å². The van der Waals surface area contributed by atoms with Gasteiger partial charge < -0.3 is 18.8 Å². The number of carbonyl (C=O) groups excluding carboxylic acids is 1. The van der Waals surface area contributed by atoms with Gasteiger partial charge in [-0.2, -0.15) is 0 Å². The SMILES string of the molecule is COc1ncccc1-c1nc(CN2CCn3c(ccc(-n4cnc(C)c4)c3=O)C2=O)cs1. The third-order valence-electron chi connectivity index (χ3n) is 5.34. The molecule has 0 N–H and O–H groups in total. The summed E-state index contributed by atoms with van der Waals surface area (Å²) in [6.07, 6.45) is 5.06. The van der Waals surface area contributed by atoms with E-state index >= 15 is 0 Å². The number of nitrogens with zero attached hydrogens (tertiary/aromatic N) is 6. The summed E-state index contributed by atoms with van der Waals surface area (Å²) >= 11 is 1.48. The number of hydrogen-bond acceptors (Lipinski definition) is 7. The molecule has 32 heavy (non-hydrogen) atoms. The Kier molecular flexibility index (Phi) is 5.06. The zero-order chi connectivity index (χ0) is 22.2. The third-order valence-corrected chi connectivity index (χ3v) is 6.27. The van der Waals surface area contributed by atoms with Crippen LogP contribution in [0.5, 0.6) is 5.88 Å². The van der Waals surface area contributed by atoms with Gasteiger partial charge in [0.25, 0.3) is 11.5 Å². The first-order valence-corrected chi connectivity index (χ1v) is 10.9. The molecule has 4 aromatic rings. The summed E-state index contributed by atoms with van der Waals surface area (Å²) in [5.74, 6) is 0.329. The highest BCUT2D eigenvalue weighted by Gasteiger charge is 2.27. The highest BCUT2D eigenvalue weighted by Crippen LogP contribution is 2.30. The van der Waals surface area contributed by atoms with Gasteiger partial charge in [0, 0.05) is 30.9 Å². The van der Waals surface area contributed by atoms with E-state index in [1.165, 1.54) is 15.9 Å². The predicted molar refractivity (Wildman–Crippen MR) is 119 cm³/mol. The Bertz CT molecular complexity index is 1370. The molecule has 1 amide bonds. The predicted octanol–water partition coefficient (Wildman–Crippen LogP) is 2.53. The summed E-state index contributed by atoms with van der Waals surface area (Å²) in [6, 6.07) is 7.11. The Balaban J connectivity index is 1.38. The Morgan fingerprint density at radius 3 is 2.81 bits per heavy atom.